The smallest absolute Gasteiger partial charge is 0.0164 e. The van der Waals surface area contributed by atoms with Crippen LogP contribution in [0.1, 0.15) is 53.4 Å². The molecule has 1 fully saturated rings. The van der Waals surface area contributed by atoms with Gasteiger partial charge in [0.25, 0.3) is 0 Å². The highest BCUT2D eigenvalue weighted by Crippen LogP contribution is 2.68. The van der Waals surface area contributed by atoms with Crippen molar-refractivity contribution in [1.29, 1.82) is 0 Å². The lowest BCUT2D eigenvalue weighted by molar-refractivity contribution is 0.274. The van der Waals surface area contributed by atoms with Gasteiger partial charge >= 0.3 is 0 Å². The van der Waals surface area contributed by atoms with Gasteiger partial charge in [0, 0.05) is 11.3 Å². The zero-order valence-electron chi connectivity index (χ0n) is 12.3. The van der Waals surface area contributed by atoms with Crippen molar-refractivity contribution in [2.24, 2.45) is 23.2 Å². The van der Waals surface area contributed by atoms with Gasteiger partial charge in [-0.15, -0.1) is 0 Å². The molecule has 0 saturated heterocycles. The van der Waals surface area contributed by atoms with E-state index in [1.165, 1.54) is 25.7 Å². The first-order valence-electron chi connectivity index (χ1n) is 7.81. The molecular formula is C18H26. The molecule has 0 aromatic heterocycles. The van der Waals surface area contributed by atoms with Gasteiger partial charge in [-0.25, -0.2) is 0 Å². The van der Waals surface area contributed by atoms with E-state index in [2.05, 4.69) is 45.9 Å². The summed E-state index contributed by atoms with van der Waals surface area (Å²) >= 11 is 0. The lowest BCUT2D eigenvalue weighted by Crippen LogP contribution is -2.26. The molecule has 1 saturated carbocycles. The topological polar surface area (TPSA) is 0 Å². The van der Waals surface area contributed by atoms with E-state index in [9.17, 15) is 0 Å². The largest absolute Gasteiger partial charge is 0.0870 e. The van der Waals surface area contributed by atoms with Crippen LogP contribution < -0.4 is 0 Å². The van der Waals surface area contributed by atoms with Crippen molar-refractivity contribution in [1.82, 2.24) is 0 Å². The fourth-order valence-electron chi connectivity index (χ4n) is 5.56. The number of allylic oxidation sites excluding steroid dienone is 6. The quantitative estimate of drug-likeness (QED) is 0.590. The van der Waals surface area contributed by atoms with Crippen molar-refractivity contribution in [2.75, 3.05) is 0 Å². The predicted molar refractivity (Wildman–Crippen MR) is 78.3 cm³/mol. The van der Waals surface area contributed by atoms with Gasteiger partial charge < -0.3 is 0 Å². The van der Waals surface area contributed by atoms with Crippen LogP contribution in [-0.4, -0.2) is 0 Å². The van der Waals surface area contributed by atoms with E-state index in [0.29, 0.717) is 5.41 Å². The Hall–Kier alpha value is -0.780. The average Bonchev–Trinajstić information content (AvgIpc) is 2.81. The Kier molecular flexibility index (Phi) is 2.80. The van der Waals surface area contributed by atoms with Gasteiger partial charge in [-0.1, -0.05) is 55.7 Å². The third-order valence-electron chi connectivity index (χ3n) is 5.97. The molecule has 0 spiro atoms. The van der Waals surface area contributed by atoms with Crippen LogP contribution in [0.4, 0.5) is 0 Å². The molecule has 18 heavy (non-hydrogen) atoms. The molecule has 0 amide bonds. The minimum absolute atomic E-state index is 0.438. The van der Waals surface area contributed by atoms with Crippen LogP contribution in [0, 0.1) is 23.2 Å². The molecule has 0 unspecified atom stereocenters. The Morgan fingerprint density at radius 2 is 2.00 bits per heavy atom. The molecule has 0 aliphatic heterocycles. The first-order chi connectivity index (χ1) is 8.74. The molecule has 4 atom stereocenters. The summed E-state index contributed by atoms with van der Waals surface area (Å²) in [5.74, 6) is 2.39. The molecule has 0 nitrogen and oxygen atoms in total. The van der Waals surface area contributed by atoms with Crippen LogP contribution in [0.25, 0.3) is 0 Å². The molecule has 2 bridgehead atoms. The third kappa shape index (κ3) is 1.17. The molecule has 0 N–H and O–H groups in total. The average molecular weight is 242 g/mol. The highest BCUT2D eigenvalue weighted by molar-refractivity contribution is 5.50. The van der Waals surface area contributed by atoms with E-state index in [-0.39, 0.29) is 0 Å². The zero-order chi connectivity index (χ0) is 12.9. The maximum atomic E-state index is 2.54. The summed E-state index contributed by atoms with van der Waals surface area (Å²) in [6.07, 6.45) is 12.7. The number of rotatable bonds is 3. The fourth-order valence-corrected chi connectivity index (χ4v) is 5.56. The third-order valence-corrected chi connectivity index (χ3v) is 5.97. The molecule has 3 aliphatic rings. The Morgan fingerprint density at radius 1 is 1.22 bits per heavy atom. The van der Waals surface area contributed by atoms with E-state index in [0.717, 1.165) is 17.8 Å². The molecule has 0 aromatic rings. The van der Waals surface area contributed by atoms with Crippen LogP contribution in [0.5, 0.6) is 0 Å². The van der Waals surface area contributed by atoms with Gasteiger partial charge in [-0.2, -0.15) is 0 Å². The molecule has 0 radical (unpaired) electrons. The van der Waals surface area contributed by atoms with E-state index < -0.39 is 0 Å². The highest BCUT2D eigenvalue weighted by atomic mass is 14.6. The predicted octanol–water partition coefficient (Wildman–Crippen LogP) is 5.28. The molecule has 3 rings (SSSR count). The zero-order valence-corrected chi connectivity index (χ0v) is 12.3. The minimum atomic E-state index is 0.438. The molecule has 98 valence electrons. The summed E-state index contributed by atoms with van der Waals surface area (Å²) < 4.78 is 0. The second-order valence-electron chi connectivity index (χ2n) is 6.14. The van der Waals surface area contributed by atoms with Gasteiger partial charge in [0.15, 0.2) is 0 Å². The number of hydrogen-bond acceptors (Lipinski definition) is 0. The maximum Gasteiger partial charge on any atom is 0.0164 e. The summed E-state index contributed by atoms with van der Waals surface area (Å²) in [4.78, 5) is 0. The Labute approximate surface area is 112 Å². The first kappa shape index (κ1) is 12.3. The van der Waals surface area contributed by atoms with Gasteiger partial charge in [0.05, 0.1) is 0 Å². The highest BCUT2D eigenvalue weighted by Gasteiger charge is 2.59. The SMILES string of the molecule is CC=C1[C@@H]2C=C[C@@H]3C(CC)=C(CC)[C@@]1(CC)[C@@H]3C2. The Morgan fingerprint density at radius 3 is 2.56 bits per heavy atom. The van der Waals surface area contributed by atoms with Crippen LogP contribution in [0.15, 0.2) is 34.9 Å². The molecule has 0 aromatic carbocycles. The fraction of sp³-hybridized carbons (Fsp3) is 0.667. The van der Waals surface area contributed by atoms with Crippen LogP contribution in [0.3, 0.4) is 0 Å². The summed E-state index contributed by atoms with van der Waals surface area (Å²) in [7, 11) is 0. The maximum absolute atomic E-state index is 2.54. The molecule has 0 heterocycles. The number of hydrogen-bond donors (Lipinski definition) is 0. The van der Waals surface area contributed by atoms with Gasteiger partial charge in [0.2, 0.25) is 0 Å². The van der Waals surface area contributed by atoms with Gasteiger partial charge in [0.1, 0.15) is 0 Å². The van der Waals surface area contributed by atoms with Crippen LogP contribution in [-0.2, 0) is 0 Å². The standard InChI is InChI=1S/C18H26/c1-5-13-14-10-9-12-11-17(14)18(8-4,15(12)6-2)16(13)7-3/h6,9-10,12,14,17H,5,7-8,11H2,1-4H3/t12-,14-,17-,18+/m1/s1. The van der Waals surface area contributed by atoms with Gasteiger partial charge in [-0.05, 0) is 44.4 Å². The van der Waals surface area contributed by atoms with Crippen LogP contribution in [0.2, 0.25) is 0 Å². The van der Waals surface area contributed by atoms with Crippen molar-refractivity contribution in [2.45, 2.75) is 53.4 Å². The first-order valence-corrected chi connectivity index (χ1v) is 7.81. The summed E-state index contributed by atoms with van der Waals surface area (Å²) in [5, 5.41) is 0. The lowest BCUT2D eigenvalue weighted by Gasteiger charge is -2.35. The second kappa shape index (κ2) is 4.11. The Bertz CT molecular complexity index is 449. The van der Waals surface area contributed by atoms with Crippen molar-refractivity contribution < 1.29 is 0 Å². The molecule has 0 heteroatoms. The van der Waals surface area contributed by atoms with Crippen molar-refractivity contribution >= 4 is 0 Å². The summed E-state index contributed by atoms with van der Waals surface area (Å²) in [6.45, 7) is 9.39. The Balaban J connectivity index is 2.25. The van der Waals surface area contributed by atoms with E-state index in [1.54, 1.807) is 11.1 Å². The van der Waals surface area contributed by atoms with Gasteiger partial charge in [-0.3, -0.25) is 0 Å². The lowest BCUT2D eigenvalue weighted by atomic mass is 9.69. The second-order valence-corrected chi connectivity index (χ2v) is 6.14. The summed E-state index contributed by atoms with van der Waals surface area (Å²) in [6, 6.07) is 0. The summed E-state index contributed by atoms with van der Waals surface area (Å²) in [5.41, 5.74) is 5.77. The van der Waals surface area contributed by atoms with E-state index in [4.69, 9.17) is 0 Å². The van der Waals surface area contributed by atoms with Crippen molar-refractivity contribution in [3.63, 3.8) is 0 Å². The minimum Gasteiger partial charge on any atom is -0.0870 e. The van der Waals surface area contributed by atoms with Crippen molar-refractivity contribution in [3.05, 3.63) is 34.9 Å². The molecular weight excluding hydrogens is 216 g/mol. The van der Waals surface area contributed by atoms with Crippen LogP contribution >= 0.6 is 0 Å². The van der Waals surface area contributed by atoms with E-state index >= 15 is 0 Å². The molecule has 3 aliphatic carbocycles. The normalized spacial score (nSPS) is 43.3. The van der Waals surface area contributed by atoms with Crippen molar-refractivity contribution in [3.8, 4) is 0 Å². The number of fused-ring (bicyclic) bond motifs is 1. The monoisotopic (exact) mass is 242 g/mol. The van der Waals surface area contributed by atoms with E-state index in [1.807, 2.05) is 5.57 Å².